The summed E-state index contributed by atoms with van der Waals surface area (Å²) in [5.41, 5.74) is 2.39. The van der Waals surface area contributed by atoms with E-state index in [9.17, 15) is 9.90 Å². The summed E-state index contributed by atoms with van der Waals surface area (Å²) in [6.07, 6.45) is 4.13. The van der Waals surface area contributed by atoms with Gasteiger partial charge >= 0.3 is 0 Å². The fourth-order valence-corrected chi connectivity index (χ4v) is 4.66. The lowest BCUT2D eigenvalue weighted by Crippen LogP contribution is -2.46. The van der Waals surface area contributed by atoms with Gasteiger partial charge in [-0.2, -0.15) is 0 Å². The van der Waals surface area contributed by atoms with E-state index >= 15 is 0 Å². The van der Waals surface area contributed by atoms with E-state index in [4.69, 9.17) is 4.74 Å². The summed E-state index contributed by atoms with van der Waals surface area (Å²) in [7, 11) is 0. The number of aryl methyl sites for hydroxylation is 1. The second-order valence-electron chi connectivity index (χ2n) is 6.80. The monoisotopic (exact) mass is 272 g/mol. The Morgan fingerprint density at radius 2 is 2.20 bits per heavy atom. The minimum absolute atomic E-state index is 0.0932. The van der Waals surface area contributed by atoms with E-state index in [1.165, 1.54) is 11.1 Å². The molecule has 1 saturated heterocycles. The van der Waals surface area contributed by atoms with Gasteiger partial charge in [0, 0.05) is 0 Å². The highest BCUT2D eigenvalue weighted by atomic mass is 16.5. The van der Waals surface area contributed by atoms with Crippen LogP contribution < -0.4 is 0 Å². The molecule has 0 amide bonds. The molecule has 1 aliphatic heterocycles. The maximum atomic E-state index is 12.1. The molecule has 4 rings (SSSR count). The van der Waals surface area contributed by atoms with Crippen LogP contribution in [0, 0.1) is 11.3 Å². The van der Waals surface area contributed by atoms with E-state index in [1.54, 1.807) is 6.07 Å². The Hall–Kier alpha value is -1.35. The number of hydrogen-bond acceptors (Lipinski definition) is 3. The van der Waals surface area contributed by atoms with Crippen molar-refractivity contribution in [3.05, 3.63) is 29.3 Å². The average molecular weight is 272 g/mol. The van der Waals surface area contributed by atoms with Crippen LogP contribution in [-0.2, 0) is 16.0 Å². The van der Waals surface area contributed by atoms with Crippen molar-refractivity contribution in [2.24, 2.45) is 11.3 Å². The maximum Gasteiger partial charge on any atom is 0.166 e. The summed E-state index contributed by atoms with van der Waals surface area (Å²) in [5, 5.41) is 9.64. The smallest absolute Gasteiger partial charge is 0.166 e. The maximum absolute atomic E-state index is 12.1. The molecule has 4 atom stereocenters. The Morgan fingerprint density at radius 3 is 3.05 bits per heavy atom. The van der Waals surface area contributed by atoms with Gasteiger partial charge in [-0.05, 0) is 60.8 Å². The fourth-order valence-electron chi connectivity index (χ4n) is 4.66. The molecular weight excluding hydrogens is 252 g/mol. The van der Waals surface area contributed by atoms with Crippen molar-refractivity contribution >= 4 is 5.78 Å². The number of rotatable bonds is 0. The van der Waals surface area contributed by atoms with Crippen molar-refractivity contribution in [1.29, 1.82) is 0 Å². The molecular formula is C17H20O3. The molecule has 0 bridgehead atoms. The number of Topliss-reactive ketones (excluding diaryl/α,β-unsaturated/α-hetero) is 1. The van der Waals surface area contributed by atoms with Crippen LogP contribution >= 0.6 is 0 Å². The van der Waals surface area contributed by atoms with Crippen LogP contribution in [0.4, 0.5) is 0 Å². The first-order valence-corrected chi connectivity index (χ1v) is 7.56. The van der Waals surface area contributed by atoms with E-state index < -0.39 is 0 Å². The van der Waals surface area contributed by atoms with Crippen LogP contribution in [0.2, 0.25) is 0 Å². The van der Waals surface area contributed by atoms with E-state index in [0.29, 0.717) is 24.2 Å². The zero-order valence-corrected chi connectivity index (χ0v) is 11.8. The second kappa shape index (κ2) is 4.08. The molecule has 0 spiro atoms. The van der Waals surface area contributed by atoms with Gasteiger partial charge in [-0.3, -0.25) is 4.79 Å². The molecule has 0 aromatic heterocycles. The Balaban J connectivity index is 1.73. The Kier molecular flexibility index (Phi) is 2.53. The predicted octanol–water partition coefficient (Wildman–Crippen LogP) is 2.81. The van der Waals surface area contributed by atoms with Crippen LogP contribution in [0.25, 0.3) is 0 Å². The van der Waals surface area contributed by atoms with Crippen molar-refractivity contribution in [3.8, 4) is 5.75 Å². The number of phenols is 1. The molecule has 0 radical (unpaired) electrons. The summed E-state index contributed by atoms with van der Waals surface area (Å²) in [5.74, 6) is 1.59. The third kappa shape index (κ3) is 1.53. The highest BCUT2D eigenvalue weighted by molar-refractivity contribution is 5.88. The normalized spacial score (nSPS) is 39.0. The molecule has 2 aliphatic carbocycles. The molecule has 1 saturated carbocycles. The van der Waals surface area contributed by atoms with Crippen molar-refractivity contribution in [1.82, 2.24) is 0 Å². The minimum Gasteiger partial charge on any atom is -0.508 e. The van der Waals surface area contributed by atoms with Crippen molar-refractivity contribution < 1.29 is 14.6 Å². The predicted molar refractivity (Wildman–Crippen MR) is 74.7 cm³/mol. The Morgan fingerprint density at radius 1 is 1.35 bits per heavy atom. The first kappa shape index (κ1) is 12.4. The molecule has 3 aliphatic rings. The molecule has 1 aromatic carbocycles. The van der Waals surface area contributed by atoms with Gasteiger partial charge in [-0.1, -0.05) is 13.0 Å². The average Bonchev–Trinajstić information content (AvgIpc) is 2.74. The summed E-state index contributed by atoms with van der Waals surface area (Å²) < 4.78 is 5.88. The van der Waals surface area contributed by atoms with Gasteiger partial charge in [0.05, 0.1) is 11.5 Å². The zero-order valence-electron chi connectivity index (χ0n) is 11.8. The van der Waals surface area contributed by atoms with Crippen molar-refractivity contribution in [3.63, 3.8) is 0 Å². The molecule has 1 N–H and O–H groups in total. The number of aromatic hydroxyl groups is 1. The lowest BCUT2D eigenvalue weighted by Gasteiger charge is -2.46. The molecule has 1 aromatic rings. The molecule has 2 fully saturated rings. The second-order valence-corrected chi connectivity index (χ2v) is 6.80. The highest BCUT2D eigenvalue weighted by Crippen LogP contribution is 2.55. The van der Waals surface area contributed by atoms with Crippen molar-refractivity contribution in [2.45, 2.75) is 44.6 Å². The summed E-state index contributed by atoms with van der Waals surface area (Å²) in [6.45, 7) is 2.39. The molecule has 0 unspecified atom stereocenters. The third-order valence-corrected chi connectivity index (χ3v) is 5.81. The standard InChI is InChI=1S/C17H20O3/c1-17-7-6-13-12-5-3-11(18)8-10(12)2-4-14(13)16(17)20-9-15(17)19/h3,5,8,13-14,16,18H,2,4,6-7,9H2,1H3/t13-,14-,16+,17-/m1/s1. The third-order valence-electron chi connectivity index (χ3n) is 5.81. The first-order valence-electron chi connectivity index (χ1n) is 7.56. The van der Waals surface area contributed by atoms with Crippen LogP contribution in [0.15, 0.2) is 18.2 Å². The number of phenolic OH excluding ortho intramolecular Hbond substituents is 1. The number of ketones is 1. The van der Waals surface area contributed by atoms with Gasteiger partial charge in [-0.15, -0.1) is 0 Å². The zero-order chi connectivity index (χ0) is 13.9. The van der Waals surface area contributed by atoms with Gasteiger partial charge in [0.2, 0.25) is 0 Å². The van der Waals surface area contributed by atoms with Gasteiger partial charge in [0.15, 0.2) is 5.78 Å². The summed E-state index contributed by atoms with van der Waals surface area (Å²) in [4.78, 5) is 12.1. The highest BCUT2D eigenvalue weighted by Gasteiger charge is 2.55. The lowest BCUT2D eigenvalue weighted by molar-refractivity contribution is -0.126. The summed E-state index contributed by atoms with van der Waals surface area (Å²) >= 11 is 0. The number of benzene rings is 1. The number of carbonyl (C=O) groups is 1. The van der Waals surface area contributed by atoms with Crippen molar-refractivity contribution in [2.75, 3.05) is 6.61 Å². The number of fused-ring (bicyclic) bond motifs is 5. The molecule has 3 nitrogen and oxygen atoms in total. The number of ether oxygens (including phenoxy) is 1. The van der Waals surface area contributed by atoms with Crippen LogP contribution in [0.5, 0.6) is 5.75 Å². The van der Waals surface area contributed by atoms with E-state index in [1.807, 2.05) is 6.07 Å². The van der Waals surface area contributed by atoms with Crippen LogP contribution in [0.1, 0.15) is 43.2 Å². The summed E-state index contributed by atoms with van der Waals surface area (Å²) in [6, 6.07) is 5.76. The van der Waals surface area contributed by atoms with Crippen LogP contribution in [-0.4, -0.2) is 23.6 Å². The van der Waals surface area contributed by atoms with E-state index in [-0.39, 0.29) is 17.3 Å². The number of carbonyl (C=O) groups excluding carboxylic acids is 1. The van der Waals surface area contributed by atoms with Gasteiger partial charge in [-0.25, -0.2) is 0 Å². The Labute approximate surface area is 118 Å². The largest absolute Gasteiger partial charge is 0.508 e. The minimum atomic E-state index is -0.254. The van der Waals surface area contributed by atoms with Crippen LogP contribution in [0.3, 0.4) is 0 Å². The molecule has 106 valence electrons. The quantitative estimate of drug-likeness (QED) is 0.790. The SMILES string of the molecule is C[C@]12CC[C@@H]3c4ccc(O)cc4CC[C@H]3[C@@H]1OCC2=O. The van der Waals surface area contributed by atoms with Gasteiger partial charge < -0.3 is 9.84 Å². The van der Waals surface area contributed by atoms with Gasteiger partial charge in [0.1, 0.15) is 12.4 Å². The molecule has 20 heavy (non-hydrogen) atoms. The fraction of sp³-hybridized carbons (Fsp3) is 0.588. The van der Waals surface area contributed by atoms with E-state index in [0.717, 1.165) is 25.7 Å². The molecule has 3 heteroatoms. The number of hydrogen-bond donors (Lipinski definition) is 1. The molecule has 1 heterocycles. The van der Waals surface area contributed by atoms with E-state index in [2.05, 4.69) is 13.0 Å². The lowest BCUT2D eigenvalue weighted by atomic mass is 9.58. The topological polar surface area (TPSA) is 46.5 Å². The first-order chi connectivity index (χ1) is 9.59. The van der Waals surface area contributed by atoms with Gasteiger partial charge in [0.25, 0.3) is 0 Å². The Bertz CT molecular complexity index is 580.